The minimum atomic E-state index is -0.379. The third kappa shape index (κ3) is 4.18. The molecule has 1 saturated heterocycles. The Kier molecular flexibility index (Phi) is 5.31. The lowest BCUT2D eigenvalue weighted by Crippen LogP contribution is -2.44. The van der Waals surface area contributed by atoms with Crippen molar-refractivity contribution >= 4 is 11.8 Å². The Morgan fingerprint density at radius 1 is 1.50 bits per heavy atom. The van der Waals surface area contributed by atoms with E-state index in [9.17, 15) is 9.59 Å². The normalized spacial score (nSPS) is 19.8. The number of carbonyl (C=O) groups excluding carboxylic acids is 2. The molecule has 1 aliphatic heterocycles. The maximum absolute atomic E-state index is 11.9. The average Bonchev–Trinajstić information content (AvgIpc) is 2.93. The third-order valence-corrected chi connectivity index (χ3v) is 3.64. The van der Waals surface area contributed by atoms with Crippen LogP contribution in [0, 0.1) is 5.92 Å². The molecule has 110 valence electrons. The summed E-state index contributed by atoms with van der Waals surface area (Å²) in [6.45, 7) is 2.76. The van der Waals surface area contributed by atoms with E-state index in [2.05, 4.69) is 15.2 Å². The molecule has 2 rings (SSSR count). The fraction of sp³-hybridized carbons (Fsp3) is 0.571. The highest BCUT2D eigenvalue weighted by atomic mass is 16.2. The molecule has 0 aromatic carbocycles. The molecule has 2 heterocycles. The van der Waals surface area contributed by atoms with Crippen LogP contribution in [0.4, 0.5) is 0 Å². The Labute approximate surface area is 118 Å². The first-order valence-electron chi connectivity index (χ1n) is 7.09. The lowest BCUT2D eigenvalue weighted by atomic mass is 9.95. The van der Waals surface area contributed by atoms with Crippen molar-refractivity contribution in [2.24, 2.45) is 11.7 Å². The van der Waals surface area contributed by atoms with E-state index in [1.807, 2.05) is 0 Å². The van der Waals surface area contributed by atoms with E-state index in [4.69, 9.17) is 5.73 Å². The Hall–Kier alpha value is -1.66. The van der Waals surface area contributed by atoms with Gasteiger partial charge < -0.3 is 10.7 Å². The van der Waals surface area contributed by atoms with Gasteiger partial charge in [-0.1, -0.05) is 0 Å². The fourth-order valence-electron chi connectivity index (χ4n) is 2.67. The predicted molar refractivity (Wildman–Crippen MR) is 76.1 cm³/mol. The number of aromatic amines is 1. The second-order valence-corrected chi connectivity index (χ2v) is 5.28. The summed E-state index contributed by atoms with van der Waals surface area (Å²) in [5.74, 6) is -0.0609. The van der Waals surface area contributed by atoms with Gasteiger partial charge in [-0.25, -0.2) is 0 Å². The molecule has 0 bridgehead atoms. The quantitative estimate of drug-likeness (QED) is 0.724. The van der Waals surface area contributed by atoms with Gasteiger partial charge in [0, 0.05) is 12.7 Å². The van der Waals surface area contributed by atoms with E-state index < -0.39 is 0 Å². The van der Waals surface area contributed by atoms with Crippen LogP contribution < -0.4 is 11.1 Å². The molecule has 1 aromatic heterocycles. The minimum absolute atomic E-state index is 0.252. The van der Waals surface area contributed by atoms with Crippen LogP contribution in [-0.2, 0) is 4.79 Å². The predicted octanol–water partition coefficient (Wildman–Crippen LogP) is 0.332. The number of imide groups is 1. The monoisotopic (exact) mass is 278 g/mol. The number of amides is 2. The number of nitrogens with zero attached hydrogens (tertiary/aromatic N) is 1. The zero-order valence-electron chi connectivity index (χ0n) is 11.6. The van der Waals surface area contributed by atoms with Crippen LogP contribution >= 0.6 is 0 Å². The van der Waals surface area contributed by atoms with Crippen LogP contribution in [-0.4, -0.2) is 47.9 Å². The highest BCUT2D eigenvalue weighted by Gasteiger charge is 2.21. The zero-order valence-corrected chi connectivity index (χ0v) is 11.6. The van der Waals surface area contributed by atoms with Gasteiger partial charge in [-0.15, -0.1) is 0 Å². The zero-order chi connectivity index (χ0) is 14.4. The maximum Gasteiger partial charge on any atom is 0.274 e. The standard InChI is InChI=1S/C14H22N4O2/c15-6-5-11-3-2-8-18(9-11)10-13(19)17-14(20)12-4-1-7-16-12/h1,4,7,11,16H,2-3,5-6,8-10,15H2,(H,17,19,20). The summed E-state index contributed by atoms with van der Waals surface area (Å²) in [5, 5.41) is 2.40. The van der Waals surface area contributed by atoms with Gasteiger partial charge in [0.2, 0.25) is 5.91 Å². The molecule has 1 aromatic rings. The fourth-order valence-corrected chi connectivity index (χ4v) is 2.67. The largest absolute Gasteiger partial charge is 0.357 e. The van der Waals surface area contributed by atoms with Gasteiger partial charge in [0.05, 0.1) is 6.54 Å². The van der Waals surface area contributed by atoms with Crippen molar-refractivity contribution in [3.8, 4) is 0 Å². The first-order chi connectivity index (χ1) is 9.69. The smallest absolute Gasteiger partial charge is 0.274 e. The van der Waals surface area contributed by atoms with Crippen molar-refractivity contribution < 1.29 is 9.59 Å². The summed E-state index contributed by atoms with van der Waals surface area (Å²) in [4.78, 5) is 28.5. The summed E-state index contributed by atoms with van der Waals surface area (Å²) in [6, 6.07) is 3.36. The summed E-state index contributed by atoms with van der Waals surface area (Å²) < 4.78 is 0. The van der Waals surface area contributed by atoms with E-state index in [-0.39, 0.29) is 18.4 Å². The van der Waals surface area contributed by atoms with Crippen LogP contribution in [0.15, 0.2) is 18.3 Å². The average molecular weight is 278 g/mol. The number of nitrogens with one attached hydrogen (secondary N) is 2. The minimum Gasteiger partial charge on any atom is -0.357 e. The molecule has 6 heteroatoms. The van der Waals surface area contributed by atoms with Crippen LogP contribution in [0.25, 0.3) is 0 Å². The van der Waals surface area contributed by atoms with Gasteiger partial charge in [0.1, 0.15) is 5.69 Å². The molecule has 1 atom stereocenters. The first-order valence-corrected chi connectivity index (χ1v) is 7.09. The van der Waals surface area contributed by atoms with Crippen LogP contribution in [0.1, 0.15) is 29.8 Å². The van der Waals surface area contributed by atoms with E-state index >= 15 is 0 Å². The van der Waals surface area contributed by atoms with Crippen molar-refractivity contribution in [2.45, 2.75) is 19.3 Å². The summed E-state index contributed by atoms with van der Waals surface area (Å²) in [6.07, 6.45) is 4.92. The van der Waals surface area contributed by atoms with E-state index in [0.29, 0.717) is 18.2 Å². The number of piperidine rings is 1. The number of aromatic nitrogens is 1. The summed E-state index contributed by atoms with van der Waals surface area (Å²) in [7, 11) is 0. The molecule has 6 nitrogen and oxygen atoms in total. The van der Waals surface area contributed by atoms with Gasteiger partial charge in [-0.3, -0.25) is 19.8 Å². The van der Waals surface area contributed by atoms with Gasteiger partial charge in [0.25, 0.3) is 5.91 Å². The lowest BCUT2D eigenvalue weighted by molar-refractivity contribution is -0.121. The summed E-state index contributed by atoms with van der Waals surface area (Å²) in [5.41, 5.74) is 5.98. The first kappa shape index (κ1) is 14.7. The highest BCUT2D eigenvalue weighted by molar-refractivity contribution is 6.04. The number of likely N-dealkylation sites (tertiary alicyclic amines) is 1. The number of rotatable bonds is 5. The molecule has 2 amide bonds. The summed E-state index contributed by atoms with van der Waals surface area (Å²) >= 11 is 0. The van der Waals surface area contributed by atoms with E-state index in [1.165, 1.54) is 6.42 Å². The molecular formula is C14H22N4O2. The second-order valence-electron chi connectivity index (χ2n) is 5.28. The van der Waals surface area contributed by atoms with Crippen LogP contribution in [0.3, 0.4) is 0 Å². The van der Waals surface area contributed by atoms with Crippen LogP contribution in [0.2, 0.25) is 0 Å². The van der Waals surface area contributed by atoms with E-state index in [0.717, 1.165) is 25.9 Å². The van der Waals surface area contributed by atoms with Crippen molar-refractivity contribution in [1.82, 2.24) is 15.2 Å². The van der Waals surface area contributed by atoms with Crippen molar-refractivity contribution in [3.63, 3.8) is 0 Å². The van der Waals surface area contributed by atoms with E-state index in [1.54, 1.807) is 18.3 Å². The lowest BCUT2D eigenvalue weighted by Gasteiger charge is -2.31. The number of carbonyl (C=O) groups is 2. The van der Waals surface area contributed by atoms with Gasteiger partial charge in [-0.2, -0.15) is 0 Å². The van der Waals surface area contributed by atoms with Crippen molar-refractivity contribution in [3.05, 3.63) is 24.0 Å². The number of hydrogen-bond donors (Lipinski definition) is 3. The molecule has 0 aliphatic carbocycles. The topological polar surface area (TPSA) is 91.2 Å². The van der Waals surface area contributed by atoms with Gasteiger partial charge >= 0.3 is 0 Å². The molecule has 1 unspecified atom stereocenters. The highest BCUT2D eigenvalue weighted by Crippen LogP contribution is 2.18. The Morgan fingerprint density at radius 2 is 2.35 bits per heavy atom. The molecule has 0 saturated carbocycles. The van der Waals surface area contributed by atoms with Gasteiger partial charge in [0.15, 0.2) is 0 Å². The SMILES string of the molecule is NCCC1CCCN(CC(=O)NC(=O)c2ccc[nH]2)C1. The Morgan fingerprint density at radius 3 is 3.05 bits per heavy atom. The van der Waals surface area contributed by atoms with Crippen molar-refractivity contribution in [1.29, 1.82) is 0 Å². The number of hydrogen-bond acceptors (Lipinski definition) is 4. The molecule has 20 heavy (non-hydrogen) atoms. The molecule has 0 radical (unpaired) electrons. The Balaban J connectivity index is 1.78. The molecule has 1 fully saturated rings. The Bertz CT molecular complexity index is 442. The van der Waals surface area contributed by atoms with Crippen molar-refractivity contribution in [2.75, 3.05) is 26.2 Å². The number of nitrogens with two attached hydrogens (primary N) is 1. The maximum atomic E-state index is 11.9. The molecule has 0 spiro atoms. The van der Waals surface area contributed by atoms with Crippen LogP contribution in [0.5, 0.6) is 0 Å². The molecular weight excluding hydrogens is 256 g/mol. The number of H-pyrrole nitrogens is 1. The molecule has 1 aliphatic rings. The third-order valence-electron chi connectivity index (χ3n) is 3.64. The second kappa shape index (κ2) is 7.21. The molecule has 4 N–H and O–H groups in total. The van der Waals surface area contributed by atoms with Gasteiger partial charge in [-0.05, 0) is 50.4 Å².